The maximum Gasteiger partial charge on any atom is 0.409 e. The summed E-state index contributed by atoms with van der Waals surface area (Å²) in [5, 5.41) is 10.7. The van der Waals surface area contributed by atoms with Crippen molar-refractivity contribution in [2.75, 3.05) is 52.7 Å². The van der Waals surface area contributed by atoms with E-state index in [0.29, 0.717) is 36.9 Å². The van der Waals surface area contributed by atoms with Crippen LogP contribution in [0.3, 0.4) is 0 Å². The fraction of sp³-hybridized carbons (Fsp3) is 0.543. The van der Waals surface area contributed by atoms with E-state index < -0.39 is 42.1 Å². The van der Waals surface area contributed by atoms with Gasteiger partial charge in [0.1, 0.15) is 18.7 Å². The molecule has 0 fully saturated rings. The predicted octanol–water partition coefficient (Wildman–Crippen LogP) is 1.45. The molecule has 53 heavy (non-hydrogen) atoms. The van der Waals surface area contributed by atoms with Crippen LogP contribution >= 0.6 is 0 Å². The maximum atomic E-state index is 13.4. The van der Waals surface area contributed by atoms with Gasteiger partial charge in [-0.05, 0) is 49.3 Å². The minimum atomic E-state index is -1.03. The monoisotopic (exact) mass is 744 g/mol. The molecule has 1 heterocycles. The summed E-state index contributed by atoms with van der Waals surface area (Å²) in [5.41, 5.74) is 6.20. The lowest BCUT2D eigenvalue weighted by molar-refractivity contribution is -0.137. The van der Waals surface area contributed by atoms with Gasteiger partial charge in [-0.25, -0.2) is 14.4 Å². The van der Waals surface area contributed by atoms with Gasteiger partial charge in [0.25, 0.3) is 11.8 Å². The van der Waals surface area contributed by atoms with Gasteiger partial charge in [-0.3, -0.25) is 28.9 Å². The van der Waals surface area contributed by atoms with Crippen LogP contribution in [0.1, 0.15) is 57.9 Å². The Kier molecular flexibility index (Phi) is 18.3. The molecular formula is C35H52N8O10. The zero-order valence-electron chi connectivity index (χ0n) is 31.0. The zero-order valence-corrected chi connectivity index (χ0v) is 31.0. The van der Waals surface area contributed by atoms with E-state index in [1.165, 1.54) is 36.1 Å². The van der Waals surface area contributed by atoms with Crippen molar-refractivity contribution in [3.05, 3.63) is 42.0 Å². The third-order valence-corrected chi connectivity index (χ3v) is 8.21. The zero-order chi connectivity index (χ0) is 39.5. The van der Waals surface area contributed by atoms with Crippen LogP contribution in [0.5, 0.6) is 0 Å². The summed E-state index contributed by atoms with van der Waals surface area (Å²) in [5.74, 6) is -2.48. The molecule has 1 aliphatic heterocycles. The molecule has 292 valence electrons. The Balaban J connectivity index is 1.93. The van der Waals surface area contributed by atoms with Crippen LogP contribution in [0.25, 0.3) is 0 Å². The van der Waals surface area contributed by atoms with Gasteiger partial charge in [0.15, 0.2) is 0 Å². The molecule has 1 aliphatic rings. The number of carbonyl (C=O) groups is 8. The smallest absolute Gasteiger partial charge is 0.409 e. The van der Waals surface area contributed by atoms with Crippen molar-refractivity contribution in [1.82, 2.24) is 30.7 Å². The summed E-state index contributed by atoms with van der Waals surface area (Å²) in [4.78, 5) is 102. The quantitative estimate of drug-likeness (QED) is 0.0897. The van der Waals surface area contributed by atoms with Gasteiger partial charge in [0.05, 0.1) is 7.11 Å². The predicted molar refractivity (Wildman–Crippen MR) is 193 cm³/mol. The van der Waals surface area contributed by atoms with Crippen molar-refractivity contribution >= 4 is 53.4 Å². The van der Waals surface area contributed by atoms with E-state index in [1.54, 1.807) is 45.2 Å². The van der Waals surface area contributed by atoms with Crippen LogP contribution in [0.2, 0.25) is 0 Å². The van der Waals surface area contributed by atoms with Gasteiger partial charge in [-0.2, -0.15) is 0 Å². The Morgan fingerprint density at radius 3 is 2.04 bits per heavy atom. The molecule has 18 nitrogen and oxygen atoms in total. The van der Waals surface area contributed by atoms with Gasteiger partial charge in [-0.1, -0.05) is 32.4 Å². The molecule has 2 rings (SSSR count). The average molecular weight is 745 g/mol. The second kappa shape index (κ2) is 22.3. The number of anilines is 1. The topological polar surface area (TPSA) is 239 Å². The van der Waals surface area contributed by atoms with E-state index in [9.17, 15) is 38.4 Å². The molecule has 9 amide bonds. The minimum absolute atomic E-state index is 0.0452. The summed E-state index contributed by atoms with van der Waals surface area (Å²) in [7, 11) is 4.35. The van der Waals surface area contributed by atoms with E-state index in [1.807, 2.05) is 0 Å². The summed E-state index contributed by atoms with van der Waals surface area (Å²) < 4.78 is 9.96. The van der Waals surface area contributed by atoms with Gasteiger partial charge in [-0.15, -0.1) is 0 Å². The van der Waals surface area contributed by atoms with Gasteiger partial charge >= 0.3 is 18.2 Å². The van der Waals surface area contributed by atoms with Gasteiger partial charge < -0.3 is 46.3 Å². The third-order valence-electron chi connectivity index (χ3n) is 8.21. The summed E-state index contributed by atoms with van der Waals surface area (Å²) in [6.45, 7) is 4.38. The summed E-state index contributed by atoms with van der Waals surface area (Å²) >= 11 is 0. The summed E-state index contributed by atoms with van der Waals surface area (Å²) in [6, 6.07) is 3.84. The summed E-state index contributed by atoms with van der Waals surface area (Å²) in [6.07, 6.45) is 3.51. The molecule has 0 saturated heterocycles. The van der Waals surface area contributed by atoms with Crippen molar-refractivity contribution in [3.8, 4) is 0 Å². The van der Waals surface area contributed by atoms with E-state index in [2.05, 4.69) is 26.0 Å². The molecule has 0 aromatic heterocycles. The minimum Gasteiger partial charge on any atom is -0.453 e. The molecule has 0 unspecified atom stereocenters. The lowest BCUT2D eigenvalue weighted by Crippen LogP contribution is -2.54. The van der Waals surface area contributed by atoms with E-state index in [4.69, 9.17) is 10.5 Å². The van der Waals surface area contributed by atoms with Crippen LogP contribution < -0.4 is 27.0 Å². The number of nitrogens with zero attached hydrogens (tertiary/aromatic N) is 3. The SMILES string of the molecule is COC(=O)N(C)CCN(C)C(=O)OCc1ccc(NC(=O)[C@H](CCCNC(N)=O)NC(=O)[C@@H](NC(=O)CCCCCN2C(=O)C=CC2=O)C(C)C)cc1. The van der Waals surface area contributed by atoms with Crippen LogP contribution in [-0.4, -0.2) is 122 Å². The number of benzene rings is 1. The average Bonchev–Trinajstić information content (AvgIpc) is 3.44. The van der Waals surface area contributed by atoms with E-state index >= 15 is 0 Å². The lowest BCUT2D eigenvalue weighted by Gasteiger charge is -2.25. The number of ether oxygens (including phenoxy) is 2. The Hall–Kier alpha value is -5.68. The molecule has 0 bridgehead atoms. The third kappa shape index (κ3) is 15.6. The Morgan fingerprint density at radius 2 is 1.45 bits per heavy atom. The molecule has 1 aromatic carbocycles. The number of hydrogen-bond donors (Lipinski definition) is 5. The Bertz CT molecular complexity index is 1470. The van der Waals surface area contributed by atoms with E-state index in [-0.39, 0.29) is 69.3 Å². The van der Waals surface area contributed by atoms with Crippen LogP contribution in [0.15, 0.2) is 36.4 Å². The Morgan fingerprint density at radius 1 is 0.830 bits per heavy atom. The molecule has 1 aromatic rings. The van der Waals surface area contributed by atoms with Crippen molar-refractivity contribution in [2.45, 2.75) is 71.1 Å². The van der Waals surface area contributed by atoms with Crippen molar-refractivity contribution < 1.29 is 47.8 Å². The van der Waals surface area contributed by atoms with Crippen LogP contribution in [0.4, 0.5) is 20.1 Å². The number of unbranched alkanes of at least 4 members (excludes halogenated alkanes) is 2. The van der Waals surface area contributed by atoms with Crippen molar-refractivity contribution in [3.63, 3.8) is 0 Å². The molecule has 2 atom stereocenters. The molecular weight excluding hydrogens is 692 g/mol. The lowest BCUT2D eigenvalue weighted by atomic mass is 10.0. The van der Waals surface area contributed by atoms with Crippen molar-refractivity contribution in [1.29, 1.82) is 0 Å². The number of carbonyl (C=O) groups excluding carboxylic acids is 8. The maximum absolute atomic E-state index is 13.4. The number of imide groups is 1. The number of nitrogens with two attached hydrogens (primary N) is 1. The Labute approximate surface area is 309 Å². The highest BCUT2D eigenvalue weighted by Gasteiger charge is 2.29. The standard InChI is InChI=1S/C35H52N8O10/c1-23(2)30(40-27(44)11-7-6-8-19-43-28(45)16-17-29(43)46)32(48)39-26(10-9-18-37-33(36)49)31(47)38-25-14-12-24(13-15-25)22-53-35(51)42(4)21-20-41(3)34(50)52-5/h12-17,23,26,30H,6-11,18-22H2,1-5H3,(H,38,47)(H,39,48)(H,40,44)(H3,36,37,49)/t26-,30-/m0/s1. The molecule has 0 saturated carbocycles. The fourth-order valence-electron chi connectivity index (χ4n) is 5.02. The van der Waals surface area contributed by atoms with Gasteiger partial charge in [0, 0.05) is 64.5 Å². The normalized spacial score (nSPS) is 13.2. The first-order valence-corrected chi connectivity index (χ1v) is 17.4. The van der Waals surface area contributed by atoms with Gasteiger partial charge in [0.2, 0.25) is 17.7 Å². The highest BCUT2D eigenvalue weighted by molar-refractivity contribution is 6.12. The number of urea groups is 1. The first-order chi connectivity index (χ1) is 25.1. The second-order valence-corrected chi connectivity index (χ2v) is 12.8. The fourth-order valence-corrected chi connectivity index (χ4v) is 5.02. The molecule has 18 heteroatoms. The molecule has 0 spiro atoms. The first kappa shape index (κ1) is 43.5. The number of rotatable bonds is 21. The molecule has 0 radical (unpaired) electrons. The van der Waals surface area contributed by atoms with E-state index in [0.717, 1.165) is 4.90 Å². The number of primary amides is 1. The van der Waals surface area contributed by atoms with Crippen LogP contribution in [0, 0.1) is 5.92 Å². The highest BCUT2D eigenvalue weighted by Crippen LogP contribution is 2.14. The van der Waals surface area contributed by atoms with Crippen molar-refractivity contribution in [2.24, 2.45) is 11.7 Å². The highest BCUT2D eigenvalue weighted by atomic mass is 16.6. The first-order valence-electron chi connectivity index (χ1n) is 17.4. The van der Waals surface area contributed by atoms with Crippen LogP contribution in [-0.2, 0) is 40.1 Å². The largest absolute Gasteiger partial charge is 0.453 e. The molecule has 0 aliphatic carbocycles. The molecule has 6 N–H and O–H groups in total. The number of nitrogens with one attached hydrogen (secondary N) is 4. The number of hydrogen-bond acceptors (Lipinski definition) is 10. The number of methoxy groups -OCH3 is 1. The number of amides is 9. The number of likely N-dealkylation sites (N-methyl/N-ethyl adjacent to an activating group) is 2. The second-order valence-electron chi connectivity index (χ2n) is 12.8.